The quantitative estimate of drug-likeness (QED) is 0.448. The average molecular weight is 455 g/mol. The van der Waals surface area contributed by atoms with Crippen molar-refractivity contribution in [2.45, 2.75) is 19.9 Å². The van der Waals surface area contributed by atoms with Gasteiger partial charge in [-0.15, -0.1) is 0 Å². The molecule has 0 aliphatic carbocycles. The first kappa shape index (κ1) is 23.1. The summed E-state index contributed by atoms with van der Waals surface area (Å²) >= 11 is 5.40. The Morgan fingerprint density at radius 3 is 2.47 bits per heavy atom. The molecule has 2 amide bonds. The van der Waals surface area contributed by atoms with Crippen molar-refractivity contribution in [1.82, 2.24) is 10.2 Å². The van der Waals surface area contributed by atoms with Gasteiger partial charge in [0.25, 0.3) is 0 Å². The fraction of sp³-hybridized carbons (Fsp3) is 0.261. The molecule has 0 saturated heterocycles. The number of thiocarbonyl (C=S) groups is 1. The molecule has 32 heavy (non-hydrogen) atoms. The number of urea groups is 1. The summed E-state index contributed by atoms with van der Waals surface area (Å²) in [6.45, 7) is 3.89. The summed E-state index contributed by atoms with van der Waals surface area (Å²) in [5.41, 5.74) is 3.27. The maximum Gasteiger partial charge on any atom is 0.338 e. The molecule has 3 rings (SSSR count). The Morgan fingerprint density at radius 2 is 1.81 bits per heavy atom. The molecular formula is C23H26N4O4S. The van der Waals surface area contributed by atoms with Gasteiger partial charge in [0.15, 0.2) is 5.11 Å². The highest BCUT2D eigenvalue weighted by Crippen LogP contribution is 2.31. The van der Waals surface area contributed by atoms with Gasteiger partial charge in [-0.2, -0.15) is 0 Å². The van der Waals surface area contributed by atoms with Crippen LogP contribution < -0.4 is 20.7 Å². The Balaban J connectivity index is 1.75. The topological polar surface area (TPSA) is 91.9 Å². The van der Waals surface area contributed by atoms with Gasteiger partial charge in [0.05, 0.1) is 25.3 Å². The Kier molecular flexibility index (Phi) is 7.32. The fourth-order valence-electron chi connectivity index (χ4n) is 3.31. The molecule has 1 aliphatic rings. The largest absolute Gasteiger partial charge is 0.497 e. The number of rotatable bonds is 6. The number of nitrogens with zero attached hydrogens (tertiary/aromatic N) is 1. The lowest BCUT2D eigenvalue weighted by Gasteiger charge is -2.35. The first-order valence-electron chi connectivity index (χ1n) is 10.1. The number of allylic oxidation sites excluding steroid dienone is 1. The molecule has 2 aromatic rings. The van der Waals surface area contributed by atoms with Gasteiger partial charge >= 0.3 is 12.0 Å². The van der Waals surface area contributed by atoms with Gasteiger partial charge in [0.2, 0.25) is 0 Å². The van der Waals surface area contributed by atoms with Crippen molar-refractivity contribution in [2.24, 2.45) is 0 Å². The SMILES string of the molecule is CCOC(=O)C1=C(C)N(C)C(=S)NC1c1ccc(NC(=O)Nc2cccc(OC)c2)cc1. The second-order valence-electron chi connectivity index (χ2n) is 7.09. The van der Waals surface area contributed by atoms with Gasteiger partial charge in [0.1, 0.15) is 5.75 Å². The van der Waals surface area contributed by atoms with Gasteiger partial charge in [-0.3, -0.25) is 0 Å². The number of benzene rings is 2. The van der Waals surface area contributed by atoms with Crippen LogP contribution in [-0.4, -0.2) is 42.8 Å². The first-order chi connectivity index (χ1) is 15.3. The van der Waals surface area contributed by atoms with Crippen LogP contribution >= 0.6 is 12.2 Å². The number of methoxy groups -OCH3 is 1. The van der Waals surface area contributed by atoms with Crippen LogP contribution in [0.3, 0.4) is 0 Å². The number of amides is 2. The number of carbonyl (C=O) groups excluding carboxylic acids is 2. The zero-order valence-electron chi connectivity index (χ0n) is 18.4. The lowest BCUT2D eigenvalue weighted by atomic mass is 9.95. The van der Waals surface area contributed by atoms with Crippen molar-refractivity contribution in [3.8, 4) is 5.75 Å². The number of carbonyl (C=O) groups is 2. The highest BCUT2D eigenvalue weighted by Gasteiger charge is 2.33. The van der Waals surface area contributed by atoms with Gasteiger partial charge in [-0.05, 0) is 55.9 Å². The summed E-state index contributed by atoms with van der Waals surface area (Å²) in [7, 11) is 3.37. The molecule has 2 aromatic carbocycles. The van der Waals surface area contributed by atoms with E-state index in [1.807, 2.05) is 19.1 Å². The smallest absolute Gasteiger partial charge is 0.338 e. The van der Waals surface area contributed by atoms with Crippen LogP contribution in [0.2, 0.25) is 0 Å². The Bertz CT molecular complexity index is 1050. The normalized spacial score (nSPS) is 15.7. The van der Waals surface area contributed by atoms with Crippen LogP contribution in [0, 0.1) is 0 Å². The zero-order valence-corrected chi connectivity index (χ0v) is 19.2. The van der Waals surface area contributed by atoms with E-state index >= 15 is 0 Å². The van der Waals surface area contributed by atoms with Crippen molar-refractivity contribution in [3.05, 3.63) is 65.4 Å². The number of hydrogen-bond acceptors (Lipinski definition) is 5. The molecule has 0 aromatic heterocycles. The molecule has 1 aliphatic heterocycles. The molecule has 8 nitrogen and oxygen atoms in total. The lowest BCUT2D eigenvalue weighted by Crippen LogP contribution is -2.46. The van der Waals surface area contributed by atoms with Crippen LogP contribution in [-0.2, 0) is 9.53 Å². The number of anilines is 2. The van der Waals surface area contributed by atoms with Crippen molar-refractivity contribution < 1.29 is 19.1 Å². The maximum atomic E-state index is 12.6. The number of nitrogens with one attached hydrogen (secondary N) is 3. The van der Waals surface area contributed by atoms with E-state index in [9.17, 15) is 9.59 Å². The number of ether oxygens (including phenoxy) is 2. The summed E-state index contributed by atoms with van der Waals surface area (Å²) in [6.07, 6.45) is 0. The first-order valence-corrected chi connectivity index (χ1v) is 10.5. The Hall–Kier alpha value is -3.59. The van der Waals surface area contributed by atoms with Gasteiger partial charge in [-0.1, -0.05) is 18.2 Å². The Morgan fingerprint density at radius 1 is 1.12 bits per heavy atom. The van der Waals surface area contributed by atoms with Gasteiger partial charge in [-0.25, -0.2) is 9.59 Å². The molecule has 0 saturated carbocycles. The summed E-state index contributed by atoms with van der Waals surface area (Å²) in [4.78, 5) is 26.7. The molecule has 1 atom stereocenters. The maximum absolute atomic E-state index is 12.6. The van der Waals surface area contributed by atoms with Crippen LogP contribution in [0.15, 0.2) is 59.8 Å². The third kappa shape index (κ3) is 5.17. The van der Waals surface area contributed by atoms with Crippen molar-refractivity contribution in [3.63, 3.8) is 0 Å². The molecular weight excluding hydrogens is 428 g/mol. The molecule has 3 N–H and O–H groups in total. The van der Waals surface area contributed by atoms with Crippen molar-refractivity contribution in [1.29, 1.82) is 0 Å². The van der Waals surface area contributed by atoms with E-state index in [4.69, 9.17) is 21.7 Å². The minimum Gasteiger partial charge on any atom is -0.497 e. The minimum absolute atomic E-state index is 0.280. The predicted molar refractivity (Wildman–Crippen MR) is 128 cm³/mol. The Labute approximate surface area is 192 Å². The molecule has 0 fully saturated rings. The molecule has 0 bridgehead atoms. The third-order valence-corrected chi connectivity index (χ3v) is 5.47. The molecule has 168 valence electrons. The van der Waals surface area contributed by atoms with Crippen LogP contribution in [0.1, 0.15) is 25.5 Å². The highest BCUT2D eigenvalue weighted by molar-refractivity contribution is 7.80. The van der Waals surface area contributed by atoms with E-state index in [0.717, 1.165) is 11.3 Å². The van der Waals surface area contributed by atoms with E-state index in [1.165, 1.54) is 0 Å². The van der Waals surface area contributed by atoms with Crippen molar-refractivity contribution >= 4 is 40.7 Å². The van der Waals surface area contributed by atoms with Crippen LogP contribution in [0.4, 0.5) is 16.2 Å². The summed E-state index contributed by atoms with van der Waals surface area (Å²) in [6, 6.07) is 13.4. The van der Waals surface area contributed by atoms with Crippen molar-refractivity contribution in [2.75, 3.05) is 31.4 Å². The van der Waals surface area contributed by atoms with E-state index in [2.05, 4.69) is 16.0 Å². The lowest BCUT2D eigenvalue weighted by molar-refractivity contribution is -0.139. The fourth-order valence-corrected chi connectivity index (χ4v) is 3.57. The summed E-state index contributed by atoms with van der Waals surface area (Å²) in [5, 5.41) is 9.26. The number of hydrogen-bond donors (Lipinski definition) is 3. The van der Waals surface area contributed by atoms with E-state index in [1.54, 1.807) is 62.4 Å². The second kappa shape index (κ2) is 10.1. The zero-order chi connectivity index (χ0) is 23.3. The number of esters is 1. The predicted octanol–water partition coefficient (Wildman–Crippen LogP) is 4.04. The van der Waals surface area contributed by atoms with E-state index < -0.39 is 12.0 Å². The highest BCUT2D eigenvalue weighted by atomic mass is 32.1. The van der Waals surface area contributed by atoms with E-state index in [0.29, 0.717) is 27.8 Å². The summed E-state index contributed by atoms with van der Waals surface area (Å²) < 4.78 is 10.4. The third-order valence-electron chi connectivity index (χ3n) is 5.08. The standard InChI is InChI=1S/C23H26N4O4S/c1-5-31-21(28)19-14(2)27(3)23(32)26-20(19)15-9-11-16(12-10-15)24-22(29)25-17-7-6-8-18(13-17)30-4/h6-13,20H,5H2,1-4H3,(H,26,32)(H2,24,25,29). The second-order valence-corrected chi connectivity index (χ2v) is 7.48. The molecule has 1 unspecified atom stereocenters. The minimum atomic E-state index is -0.447. The van der Waals surface area contributed by atoms with Gasteiger partial charge in [0, 0.05) is 30.2 Å². The molecule has 1 heterocycles. The monoisotopic (exact) mass is 454 g/mol. The van der Waals surface area contributed by atoms with Crippen LogP contribution in [0.25, 0.3) is 0 Å². The van der Waals surface area contributed by atoms with Crippen LogP contribution in [0.5, 0.6) is 5.75 Å². The van der Waals surface area contributed by atoms with Gasteiger partial charge < -0.3 is 30.3 Å². The summed E-state index contributed by atoms with van der Waals surface area (Å²) in [5.74, 6) is 0.258. The molecule has 0 radical (unpaired) electrons. The average Bonchev–Trinajstić information content (AvgIpc) is 2.78. The molecule has 9 heteroatoms. The molecule has 0 spiro atoms. The van der Waals surface area contributed by atoms with E-state index in [-0.39, 0.29) is 12.6 Å².